The first kappa shape index (κ1) is 54.2. The second-order valence-electron chi connectivity index (χ2n) is 21.0. The molecule has 5 unspecified atom stereocenters. The van der Waals surface area contributed by atoms with Crippen LogP contribution in [0.1, 0.15) is 62.4 Å². The Morgan fingerprint density at radius 3 is 1.13 bits per heavy atom. The molecule has 0 aliphatic carbocycles. The zero-order valence-electron chi connectivity index (χ0n) is 44.1. The highest BCUT2D eigenvalue weighted by atomic mass is 28.4. The summed E-state index contributed by atoms with van der Waals surface area (Å²) >= 11 is 0. The van der Waals surface area contributed by atoms with Crippen molar-refractivity contribution in [1.82, 2.24) is 0 Å². The first-order valence-electron chi connectivity index (χ1n) is 26.6. The second-order valence-corrected chi connectivity index (χ2v) is 25.3. The maximum absolute atomic E-state index is 7.66. The molecule has 2 heterocycles. The molecule has 2 aliphatic heterocycles. The zero-order valence-corrected chi connectivity index (χ0v) is 45.1. The molecule has 0 N–H and O–H groups in total. The van der Waals surface area contributed by atoms with Gasteiger partial charge in [0.15, 0.2) is 12.6 Å². The van der Waals surface area contributed by atoms with Crippen LogP contribution in [0.4, 0.5) is 0 Å². The van der Waals surface area contributed by atoms with Crippen LogP contribution >= 0.6 is 0 Å². The van der Waals surface area contributed by atoms with Crippen molar-refractivity contribution >= 4 is 18.7 Å². The van der Waals surface area contributed by atoms with Crippen LogP contribution in [-0.2, 0) is 75.4 Å². The lowest BCUT2D eigenvalue weighted by Gasteiger charge is -2.50. The van der Waals surface area contributed by atoms with Crippen LogP contribution < -0.4 is 10.4 Å². The Balaban J connectivity index is 1.08. The number of ether oxygens (including phenoxy) is 8. The van der Waals surface area contributed by atoms with E-state index < -0.39 is 57.5 Å². The fourth-order valence-corrected chi connectivity index (χ4v) is 15.1. The Morgan fingerprint density at radius 2 is 0.720 bits per heavy atom. The van der Waals surface area contributed by atoms with Crippen LogP contribution in [0.25, 0.3) is 0 Å². The third-order valence-corrected chi connectivity index (χ3v) is 19.6. The molecular weight excluding hydrogens is 953 g/mol. The SMILES string of the molecule is CC1C(OCc2ccccc2)[C@H](OCc2ccccc2)C(COCc2ccccc2)O[C@@H]1O[C@H]1OC(CO[Si](c2ccccc2)(c2ccccc2)C(C)(C)C)[C@@H](C)[C@H](OCc2ccccc2)C1OCc1ccccc1. The number of benzene rings is 7. The van der Waals surface area contributed by atoms with Gasteiger partial charge in [0.1, 0.15) is 18.3 Å². The molecule has 2 fully saturated rings. The third kappa shape index (κ3) is 13.9. The first-order chi connectivity index (χ1) is 36.7. The second kappa shape index (κ2) is 26.4. The summed E-state index contributed by atoms with van der Waals surface area (Å²) in [6, 6.07) is 72.5. The van der Waals surface area contributed by atoms with Gasteiger partial charge in [0.05, 0.1) is 64.6 Å². The molecule has 0 aromatic heterocycles. The summed E-state index contributed by atoms with van der Waals surface area (Å²) in [6.45, 7) is 13.5. The van der Waals surface area contributed by atoms with E-state index >= 15 is 0 Å². The van der Waals surface area contributed by atoms with E-state index in [2.05, 4.69) is 156 Å². The number of rotatable bonds is 23. The molecule has 2 aliphatic rings. The van der Waals surface area contributed by atoms with Crippen molar-refractivity contribution in [2.45, 2.75) is 122 Å². The molecule has 7 aromatic carbocycles. The van der Waals surface area contributed by atoms with E-state index in [-0.39, 0.29) is 30.1 Å². The average Bonchev–Trinajstić information content (AvgIpc) is 3.45. The van der Waals surface area contributed by atoms with Gasteiger partial charge in [-0.15, -0.1) is 0 Å². The molecule has 0 amide bonds. The van der Waals surface area contributed by atoms with Gasteiger partial charge in [0.25, 0.3) is 8.32 Å². The monoisotopic (exact) mass is 1030 g/mol. The van der Waals surface area contributed by atoms with E-state index in [9.17, 15) is 0 Å². The molecular formula is C65H74O9Si. The van der Waals surface area contributed by atoms with Gasteiger partial charge in [0, 0.05) is 11.8 Å². The molecule has 0 spiro atoms. The van der Waals surface area contributed by atoms with E-state index in [0.717, 1.165) is 27.8 Å². The highest BCUT2D eigenvalue weighted by Gasteiger charge is 2.54. The Labute approximate surface area is 446 Å². The van der Waals surface area contributed by atoms with Crippen molar-refractivity contribution < 1.29 is 42.3 Å². The van der Waals surface area contributed by atoms with E-state index in [1.807, 2.05) is 91.0 Å². The normalized spacial score (nSPS) is 24.2. The minimum Gasteiger partial charge on any atom is -0.405 e. The minimum atomic E-state index is -3.00. The topological polar surface area (TPSA) is 83.1 Å². The molecule has 9 rings (SSSR count). The maximum atomic E-state index is 7.66. The molecule has 0 saturated carbocycles. The standard InChI is InChI=1S/C65H74O9Si/c1-48-57(47-71-75(65(3,4)5,55-37-23-11-24-38-55)56-39-25-12-26-40-56)72-64(62(70-45-54-35-21-10-22-36-54)59(48)67-42-51-29-15-7-16-30-51)74-63-49(2)60(68-43-52-31-17-8-18-32-52)61(69-44-53-33-19-9-20-34-53)58(73-63)46-66-41-50-27-13-6-14-28-50/h6-40,48-49,57-64H,41-47H2,1-5H3/t48-,49?,57?,58?,59+,60?,61-,62?,63-,64-/m1/s1. The van der Waals surface area contributed by atoms with E-state index in [4.69, 9.17) is 42.3 Å². The van der Waals surface area contributed by atoms with Crippen molar-refractivity contribution in [3.8, 4) is 0 Å². The molecule has 392 valence electrons. The van der Waals surface area contributed by atoms with Crippen molar-refractivity contribution in [2.75, 3.05) is 13.2 Å². The van der Waals surface area contributed by atoms with Gasteiger partial charge in [-0.2, -0.15) is 0 Å². The highest BCUT2D eigenvalue weighted by molar-refractivity contribution is 6.99. The van der Waals surface area contributed by atoms with Gasteiger partial charge in [0.2, 0.25) is 0 Å². The predicted octanol–water partition coefficient (Wildman–Crippen LogP) is 11.9. The number of hydrogen-bond donors (Lipinski definition) is 0. The van der Waals surface area contributed by atoms with Crippen LogP contribution in [0.5, 0.6) is 0 Å². The summed E-state index contributed by atoms with van der Waals surface area (Å²) in [7, 11) is -3.00. The molecule has 10 atom stereocenters. The summed E-state index contributed by atoms with van der Waals surface area (Å²) in [5.41, 5.74) is 5.23. The van der Waals surface area contributed by atoms with E-state index in [1.54, 1.807) is 0 Å². The summed E-state index contributed by atoms with van der Waals surface area (Å²) in [6.07, 6.45) is -5.07. The molecule has 2 saturated heterocycles. The maximum Gasteiger partial charge on any atom is 0.261 e. The fraction of sp³-hybridized carbons (Fsp3) is 0.354. The van der Waals surface area contributed by atoms with Crippen molar-refractivity contribution in [1.29, 1.82) is 0 Å². The van der Waals surface area contributed by atoms with Gasteiger partial charge in [-0.05, 0) is 43.2 Å². The minimum absolute atomic E-state index is 0.200. The highest BCUT2D eigenvalue weighted by Crippen LogP contribution is 2.41. The van der Waals surface area contributed by atoms with Gasteiger partial charge in [-0.3, -0.25) is 0 Å². The van der Waals surface area contributed by atoms with Crippen molar-refractivity contribution in [3.05, 3.63) is 240 Å². The Morgan fingerprint density at radius 1 is 0.373 bits per heavy atom. The molecule has 7 aromatic rings. The van der Waals surface area contributed by atoms with Crippen LogP contribution in [0.3, 0.4) is 0 Å². The van der Waals surface area contributed by atoms with Crippen molar-refractivity contribution in [3.63, 3.8) is 0 Å². The molecule has 9 nitrogen and oxygen atoms in total. The fourth-order valence-electron chi connectivity index (χ4n) is 10.6. The summed E-state index contributed by atoms with van der Waals surface area (Å²) in [4.78, 5) is 0. The largest absolute Gasteiger partial charge is 0.405 e. The first-order valence-corrected chi connectivity index (χ1v) is 28.5. The molecule has 10 heteroatoms. The molecule has 0 bridgehead atoms. The zero-order chi connectivity index (χ0) is 51.9. The molecule has 75 heavy (non-hydrogen) atoms. The summed E-state index contributed by atoms with van der Waals surface area (Å²) in [5, 5.41) is 2.12. The van der Waals surface area contributed by atoms with Gasteiger partial charge in [-0.25, -0.2) is 0 Å². The molecule has 0 radical (unpaired) electrons. The van der Waals surface area contributed by atoms with Gasteiger partial charge >= 0.3 is 0 Å². The van der Waals surface area contributed by atoms with E-state index in [0.29, 0.717) is 33.0 Å². The quantitative estimate of drug-likeness (QED) is 0.0582. The summed E-state index contributed by atoms with van der Waals surface area (Å²) < 4.78 is 64.2. The lowest BCUT2D eigenvalue weighted by atomic mass is 9.89. The van der Waals surface area contributed by atoms with Crippen LogP contribution in [0, 0.1) is 11.8 Å². The van der Waals surface area contributed by atoms with Crippen LogP contribution in [-0.4, -0.2) is 70.7 Å². The number of hydrogen-bond acceptors (Lipinski definition) is 9. The Kier molecular flexibility index (Phi) is 19.1. The lowest BCUT2D eigenvalue weighted by molar-refractivity contribution is -0.377. The predicted molar refractivity (Wildman–Crippen MR) is 296 cm³/mol. The lowest BCUT2D eigenvalue weighted by Crippen LogP contribution is -2.68. The van der Waals surface area contributed by atoms with Crippen LogP contribution in [0.15, 0.2) is 212 Å². The van der Waals surface area contributed by atoms with Gasteiger partial charge in [-0.1, -0.05) is 247 Å². The Bertz CT molecular complexity index is 2660. The average molecular weight is 1030 g/mol. The van der Waals surface area contributed by atoms with Crippen molar-refractivity contribution in [2.24, 2.45) is 11.8 Å². The summed E-state index contributed by atoms with van der Waals surface area (Å²) in [5.74, 6) is -0.554. The van der Waals surface area contributed by atoms with Gasteiger partial charge < -0.3 is 42.3 Å². The van der Waals surface area contributed by atoms with Crippen LogP contribution in [0.2, 0.25) is 5.04 Å². The third-order valence-electron chi connectivity index (χ3n) is 14.6. The smallest absolute Gasteiger partial charge is 0.261 e. The Hall–Kier alpha value is -5.60. The van der Waals surface area contributed by atoms with E-state index in [1.165, 1.54) is 10.4 Å².